The molecule has 2 aromatic rings. The van der Waals surface area contributed by atoms with E-state index in [-0.39, 0.29) is 6.61 Å². The molecule has 0 radical (unpaired) electrons. The number of aliphatic hydroxyl groups is 1. The van der Waals surface area contributed by atoms with Crippen molar-refractivity contribution in [3.05, 3.63) is 58.7 Å². The first kappa shape index (κ1) is 14.4. The second kappa shape index (κ2) is 6.44. The van der Waals surface area contributed by atoms with Gasteiger partial charge in [-0.05, 0) is 32.0 Å². The number of ether oxygens (including phenoxy) is 2. The first-order valence-corrected chi connectivity index (χ1v) is 6.60. The third-order valence-electron chi connectivity index (χ3n) is 3.21. The predicted molar refractivity (Wildman–Crippen MR) is 79.2 cm³/mol. The van der Waals surface area contributed by atoms with E-state index < -0.39 is 0 Å². The van der Waals surface area contributed by atoms with Crippen LogP contribution >= 0.6 is 0 Å². The quantitative estimate of drug-likeness (QED) is 0.906. The van der Waals surface area contributed by atoms with Gasteiger partial charge in [-0.15, -0.1) is 0 Å². The van der Waals surface area contributed by atoms with E-state index in [1.165, 1.54) is 0 Å². The van der Waals surface area contributed by atoms with Gasteiger partial charge in [-0.3, -0.25) is 0 Å². The molecular formula is C17H20O3. The molecule has 0 amide bonds. The number of benzene rings is 2. The van der Waals surface area contributed by atoms with Crippen LogP contribution in [0.25, 0.3) is 0 Å². The van der Waals surface area contributed by atoms with Crippen molar-refractivity contribution in [2.45, 2.75) is 27.1 Å². The van der Waals surface area contributed by atoms with Crippen molar-refractivity contribution in [2.24, 2.45) is 0 Å². The Kier molecular flexibility index (Phi) is 4.64. The lowest BCUT2D eigenvalue weighted by Crippen LogP contribution is -2.01. The summed E-state index contributed by atoms with van der Waals surface area (Å²) in [5.41, 5.74) is 4.07. The number of aliphatic hydroxyl groups excluding tert-OH is 1. The van der Waals surface area contributed by atoms with Gasteiger partial charge in [-0.2, -0.15) is 0 Å². The fraction of sp³-hybridized carbons (Fsp3) is 0.294. The first-order valence-electron chi connectivity index (χ1n) is 6.60. The van der Waals surface area contributed by atoms with Crippen molar-refractivity contribution in [3.63, 3.8) is 0 Å². The van der Waals surface area contributed by atoms with Gasteiger partial charge in [0.2, 0.25) is 0 Å². The average Bonchev–Trinajstić information content (AvgIpc) is 2.46. The first-order chi connectivity index (χ1) is 9.63. The summed E-state index contributed by atoms with van der Waals surface area (Å²) in [4.78, 5) is 0. The summed E-state index contributed by atoms with van der Waals surface area (Å²) in [5, 5.41) is 9.38. The Bertz CT molecular complexity index is 591. The van der Waals surface area contributed by atoms with Crippen LogP contribution in [0.5, 0.6) is 11.5 Å². The van der Waals surface area contributed by atoms with E-state index in [0.717, 1.165) is 28.0 Å². The van der Waals surface area contributed by atoms with Crippen molar-refractivity contribution >= 4 is 0 Å². The van der Waals surface area contributed by atoms with E-state index in [0.29, 0.717) is 12.4 Å². The average molecular weight is 272 g/mol. The second-order valence-electron chi connectivity index (χ2n) is 4.87. The van der Waals surface area contributed by atoms with Crippen LogP contribution in [0.3, 0.4) is 0 Å². The summed E-state index contributed by atoms with van der Waals surface area (Å²) in [6.45, 7) is 4.42. The Hall–Kier alpha value is -2.00. The zero-order valence-corrected chi connectivity index (χ0v) is 12.1. The van der Waals surface area contributed by atoms with Gasteiger partial charge in [-0.1, -0.05) is 29.3 Å². The largest absolute Gasteiger partial charge is 0.496 e. The van der Waals surface area contributed by atoms with Gasteiger partial charge in [-0.25, -0.2) is 0 Å². The minimum absolute atomic E-state index is 0.0258. The Morgan fingerprint density at radius 2 is 1.50 bits per heavy atom. The Morgan fingerprint density at radius 3 is 2.10 bits per heavy atom. The van der Waals surface area contributed by atoms with E-state index in [1.807, 2.05) is 50.2 Å². The maximum Gasteiger partial charge on any atom is 0.125 e. The molecule has 0 aliphatic carbocycles. The molecule has 1 N–H and O–H groups in total. The molecule has 0 aliphatic rings. The summed E-state index contributed by atoms with van der Waals surface area (Å²) in [7, 11) is 1.65. The van der Waals surface area contributed by atoms with Crippen LogP contribution in [0.2, 0.25) is 0 Å². The van der Waals surface area contributed by atoms with Crippen molar-refractivity contribution in [1.82, 2.24) is 0 Å². The van der Waals surface area contributed by atoms with Crippen LogP contribution in [-0.2, 0) is 13.2 Å². The fourth-order valence-corrected chi connectivity index (χ4v) is 2.15. The fourth-order valence-electron chi connectivity index (χ4n) is 2.15. The molecule has 0 fully saturated rings. The Labute approximate surface area is 119 Å². The summed E-state index contributed by atoms with van der Waals surface area (Å²) < 4.78 is 11.2. The Balaban J connectivity index is 2.18. The van der Waals surface area contributed by atoms with Crippen molar-refractivity contribution < 1.29 is 14.6 Å². The van der Waals surface area contributed by atoms with Gasteiger partial charge < -0.3 is 14.6 Å². The highest BCUT2D eigenvalue weighted by Gasteiger charge is 2.07. The molecule has 20 heavy (non-hydrogen) atoms. The van der Waals surface area contributed by atoms with Gasteiger partial charge in [0.15, 0.2) is 0 Å². The molecule has 0 aliphatic heterocycles. The molecule has 0 aromatic heterocycles. The number of methoxy groups -OCH3 is 1. The van der Waals surface area contributed by atoms with Crippen molar-refractivity contribution in [1.29, 1.82) is 0 Å². The normalized spacial score (nSPS) is 10.4. The number of hydrogen-bond donors (Lipinski definition) is 1. The zero-order chi connectivity index (χ0) is 14.5. The van der Waals surface area contributed by atoms with Crippen LogP contribution in [0.4, 0.5) is 0 Å². The van der Waals surface area contributed by atoms with E-state index in [4.69, 9.17) is 9.47 Å². The molecule has 0 heterocycles. The van der Waals surface area contributed by atoms with E-state index in [9.17, 15) is 5.11 Å². The lowest BCUT2D eigenvalue weighted by molar-refractivity contribution is 0.256. The third-order valence-corrected chi connectivity index (χ3v) is 3.21. The molecule has 0 bridgehead atoms. The van der Waals surface area contributed by atoms with Crippen LogP contribution in [-0.4, -0.2) is 12.2 Å². The molecule has 0 unspecified atom stereocenters. The molecule has 3 nitrogen and oxygen atoms in total. The van der Waals surface area contributed by atoms with Gasteiger partial charge in [0.25, 0.3) is 0 Å². The maximum absolute atomic E-state index is 9.38. The molecule has 3 heteroatoms. The predicted octanol–water partition coefficient (Wildman–Crippen LogP) is 3.38. The minimum atomic E-state index is -0.0258. The molecule has 0 saturated carbocycles. The van der Waals surface area contributed by atoms with Gasteiger partial charge in [0.1, 0.15) is 18.1 Å². The standard InChI is InChI=1S/C17H20O3/c1-12-5-7-17(14(8-12)10-18)20-11-15-9-13(2)4-6-16(15)19-3/h4-9,18H,10-11H2,1-3H3. The summed E-state index contributed by atoms with van der Waals surface area (Å²) >= 11 is 0. The molecule has 0 spiro atoms. The monoisotopic (exact) mass is 272 g/mol. The maximum atomic E-state index is 9.38. The zero-order valence-electron chi connectivity index (χ0n) is 12.1. The third kappa shape index (κ3) is 3.31. The van der Waals surface area contributed by atoms with Crippen LogP contribution in [0, 0.1) is 13.8 Å². The van der Waals surface area contributed by atoms with Crippen LogP contribution in [0.1, 0.15) is 22.3 Å². The van der Waals surface area contributed by atoms with Crippen LogP contribution in [0.15, 0.2) is 36.4 Å². The smallest absolute Gasteiger partial charge is 0.125 e. The van der Waals surface area contributed by atoms with Gasteiger partial charge >= 0.3 is 0 Å². The highest BCUT2D eigenvalue weighted by molar-refractivity contribution is 5.39. The second-order valence-corrected chi connectivity index (χ2v) is 4.87. The van der Waals surface area contributed by atoms with Crippen LogP contribution < -0.4 is 9.47 Å². The van der Waals surface area contributed by atoms with E-state index >= 15 is 0 Å². The molecular weight excluding hydrogens is 252 g/mol. The summed E-state index contributed by atoms with van der Waals surface area (Å²) in [6.07, 6.45) is 0. The van der Waals surface area contributed by atoms with Gasteiger partial charge in [0.05, 0.1) is 13.7 Å². The lowest BCUT2D eigenvalue weighted by Gasteiger charge is -2.13. The highest BCUT2D eigenvalue weighted by atomic mass is 16.5. The number of hydrogen-bond acceptors (Lipinski definition) is 3. The summed E-state index contributed by atoms with van der Waals surface area (Å²) in [6, 6.07) is 11.8. The Morgan fingerprint density at radius 1 is 0.900 bits per heavy atom. The van der Waals surface area contributed by atoms with Crippen molar-refractivity contribution in [3.8, 4) is 11.5 Å². The SMILES string of the molecule is COc1ccc(C)cc1COc1ccc(C)cc1CO. The van der Waals surface area contributed by atoms with Crippen molar-refractivity contribution in [2.75, 3.05) is 7.11 Å². The lowest BCUT2D eigenvalue weighted by atomic mass is 10.1. The number of rotatable bonds is 5. The van der Waals surface area contributed by atoms with E-state index in [2.05, 4.69) is 0 Å². The minimum Gasteiger partial charge on any atom is -0.496 e. The topological polar surface area (TPSA) is 38.7 Å². The molecule has 2 aromatic carbocycles. The summed E-state index contributed by atoms with van der Waals surface area (Å²) in [5.74, 6) is 1.52. The number of aryl methyl sites for hydroxylation is 2. The molecule has 0 atom stereocenters. The van der Waals surface area contributed by atoms with Gasteiger partial charge in [0, 0.05) is 11.1 Å². The molecule has 2 rings (SSSR count). The van der Waals surface area contributed by atoms with E-state index in [1.54, 1.807) is 7.11 Å². The molecule has 106 valence electrons. The molecule has 0 saturated heterocycles. The highest BCUT2D eigenvalue weighted by Crippen LogP contribution is 2.24.